The molecular formula is C29H34N2O3. The van der Waals surface area contributed by atoms with Crippen LogP contribution in [0.1, 0.15) is 41.7 Å². The molecule has 178 valence electrons. The summed E-state index contributed by atoms with van der Waals surface area (Å²) in [7, 11) is 0. The Morgan fingerprint density at radius 1 is 0.647 bits per heavy atom. The Bertz CT molecular complexity index is 1160. The molecule has 5 nitrogen and oxygen atoms in total. The van der Waals surface area contributed by atoms with E-state index < -0.39 is 0 Å². The molecule has 0 aromatic heterocycles. The van der Waals surface area contributed by atoms with Gasteiger partial charge >= 0.3 is 0 Å². The van der Waals surface area contributed by atoms with Gasteiger partial charge in [0.25, 0.3) is 0 Å². The zero-order chi connectivity index (χ0) is 24.0. The minimum Gasteiger partial charge on any atom is -0.507 e. The summed E-state index contributed by atoms with van der Waals surface area (Å²) in [6.07, 6.45) is 0. The molecule has 0 amide bonds. The van der Waals surface area contributed by atoms with Gasteiger partial charge in [0, 0.05) is 46.5 Å². The topological polar surface area (TPSA) is 45.2 Å². The number of aromatic hydroxyl groups is 1. The molecule has 0 bridgehead atoms. The third-order valence-corrected chi connectivity index (χ3v) is 6.92. The average molecular weight is 459 g/mol. The third kappa shape index (κ3) is 4.04. The van der Waals surface area contributed by atoms with Crippen molar-refractivity contribution < 1.29 is 14.6 Å². The normalized spacial score (nSPS) is 15.9. The van der Waals surface area contributed by atoms with Gasteiger partial charge in [0.05, 0.1) is 0 Å². The van der Waals surface area contributed by atoms with E-state index in [1.807, 2.05) is 0 Å². The fourth-order valence-electron chi connectivity index (χ4n) is 5.15. The zero-order valence-electron chi connectivity index (χ0n) is 20.9. The van der Waals surface area contributed by atoms with Crippen molar-refractivity contribution in [2.75, 3.05) is 26.6 Å². The molecule has 0 aliphatic carbocycles. The lowest BCUT2D eigenvalue weighted by molar-refractivity contribution is 0.101. The molecule has 0 atom stereocenters. The predicted molar refractivity (Wildman–Crippen MR) is 136 cm³/mol. The Morgan fingerprint density at radius 2 is 1.03 bits per heavy atom. The van der Waals surface area contributed by atoms with Crippen molar-refractivity contribution in [3.63, 3.8) is 0 Å². The van der Waals surface area contributed by atoms with Crippen LogP contribution in [-0.2, 0) is 13.1 Å². The second-order valence-corrected chi connectivity index (χ2v) is 9.65. The number of nitrogens with zero attached hydrogens (tertiary/aromatic N) is 2. The number of aryl methyl sites for hydroxylation is 3. The van der Waals surface area contributed by atoms with Crippen molar-refractivity contribution in [3.05, 3.63) is 64.2 Å². The van der Waals surface area contributed by atoms with E-state index >= 15 is 0 Å². The van der Waals surface area contributed by atoms with Crippen molar-refractivity contribution >= 4 is 0 Å². The highest BCUT2D eigenvalue weighted by molar-refractivity contribution is 5.88. The van der Waals surface area contributed by atoms with Gasteiger partial charge in [-0.1, -0.05) is 26.0 Å². The van der Waals surface area contributed by atoms with Crippen molar-refractivity contribution in [2.45, 2.75) is 47.7 Å². The summed E-state index contributed by atoms with van der Waals surface area (Å²) in [5.74, 6) is 2.03. The Morgan fingerprint density at radius 3 is 1.44 bits per heavy atom. The summed E-state index contributed by atoms with van der Waals surface area (Å²) >= 11 is 0. The van der Waals surface area contributed by atoms with E-state index in [1.54, 1.807) is 0 Å². The largest absolute Gasteiger partial charge is 0.507 e. The highest BCUT2D eigenvalue weighted by Gasteiger charge is 2.26. The van der Waals surface area contributed by atoms with Crippen molar-refractivity contribution in [2.24, 2.45) is 0 Å². The van der Waals surface area contributed by atoms with Gasteiger partial charge in [0.15, 0.2) is 0 Å². The summed E-state index contributed by atoms with van der Waals surface area (Å²) in [4.78, 5) is 4.53. The molecule has 2 aliphatic heterocycles. The molecule has 5 heteroatoms. The summed E-state index contributed by atoms with van der Waals surface area (Å²) in [5, 5.41) is 11.7. The summed E-state index contributed by atoms with van der Waals surface area (Å²) < 4.78 is 12.5. The highest BCUT2D eigenvalue weighted by atomic mass is 16.5. The molecule has 0 unspecified atom stereocenters. The smallest absolute Gasteiger partial charge is 0.142 e. The van der Waals surface area contributed by atoms with Gasteiger partial charge in [0.2, 0.25) is 0 Å². The Labute approximate surface area is 202 Å². The molecule has 2 heterocycles. The first-order valence-electron chi connectivity index (χ1n) is 12.2. The maximum atomic E-state index is 11.7. The Hall–Kier alpha value is -3.02. The Balaban J connectivity index is 1.68. The van der Waals surface area contributed by atoms with Crippen LogP contribution in [0.4, 0.5) is 0 Å². The third-order valence-electron chi connectivity index (χ3n) is 6.92. The molecule has 34 heavy (non-hydrogen) atoms. The van der Waals surface area contributed by atoms with E-state index in [4.69, 9.17) is 9.47 Å². The number of phenols is 1. The van der Waals surface area contributed by atoms with E-state index in [2.05, 4.69) is 80.8 Å². The molecule has 0 saturated carbocycles. The zero-order valence-corrected chi connectivity index (χ0v) is 20.9. The maximum absolute atomic E-state index is 11.7. The van der Waals surface area contributed by atoms with Crippen LogP contribution in [0.5, 0.6) is 17.2 Å². The monoisotopic (exact) mass is 458 g/mol. The van der Waals surface area contributed by atoms with Crippen LogP contribution in [-0.4, -0.2) is 41.5 Å². The fourth-order valence-corrected chi connectivity index (χ4v) is 5.15. The van der Waals surface area contributed by atoms with Gasteiger partial charge in [-0.05, 0) is 74.8 Å². The first-order chi connectivity index (χ1) is 16.4. The van der Waals surface area contributed by atoms with Crippen LogP contribution in [0.25, 0.3) is 22.3 Å². The van der Waals surface area contributed by atoms with Crippen molar-refractivity contribution in [1.82, 2.24) is 9.80 Å². The van der Waals surface area contributed by atoms with Crippen LogP contribution in [0.15, 0.2) is 36.4 Å². The van der Waals surface area contributed by atoms with Crippen molar-refractivity contribution in [3.8, 4) is 39.5 Å². The number of ether oxygens (including phenoxy) is 2. The van der Waals surface area contributed by atoms with Gasteiger partial charge in [-0.15, -0.1) is 0 Å². The maximum Gasteiger partial charge on any atom is 0.142 e. The first-order valence-corrected chi connectivity index (χ1v) is 12.2. The molecule has 5 rings (SSSR count). The van der Waals surface area contributed by atoms with Gasteiger partial charge < -0.3 is 14.6 Å². The number of fused-ring (bicyclic) bond motifs is 2. The standard InChI is InChI=1S/C29H34N2O3/c1-6-30-14-21-8-18(3)12-25(28(21)33-16-30)23-10-20(5)11-24(27(23)32)26-13-19(4)9-22-15-31(7-2)17-34-29(22)26/h8-13,32H,6-7,14-17H2,1-5H3. The van der Waals surface area contributed by atoms with Crippen LogP contribution in [0.2, 0.25) is 0 Å². The van der Waals surface area contributed by atoms with Gasteiger partial charge in [-0.25, -0.2) is 0 Å². The predicted octanol–water partition coefficient (Wildman–Crippen LogP) is 6.00. The number of hydrogen-bond acceptors (Lipinski definition) is 5. The van der Waals surface area contributed by atoms with Crippen LogP contribution < -0.4 is 9.47 Å². The lowest BCUT2D eigenvalue weighted by Crippen LogP contribution is -2.32. The quantitative estimate of drug-likeness (QED) is 0.520. The lowest BCUT2D eigenvalue weighted by Gasteiger charge is -2.31. The molecule has 3 aromatic rings. The lowest BCUT2D eigenvalue weighted by atomic mass is 9.90. The van der Waals surface area contributed by atoms with E-state index in [0.29, 0.717) is 13.5 Å². The molecule has 0 spiro atoms. The summed E-state index contributed by atoms with van der Waals surface area (Å²) in [6.45, 7) is 15.3. The molecular weight excluding hydrogens is 424 g/mol. The van der Waals surface area contributed by atoms with E-state index in [-0.39, 0.29) is 5.75 Å². The van der Waals surface area contributed by atoms with Crippen LogP contribution in [0.3, 0.4) is 0 Å². The number of phenolic OH excluding ortho intramolecular Hbond substituents is 1. The fraction of sp³-hybridized carbons (Fsp3) is 0.379. The molecule has 3 aromatic carbocycles. The molecule has 0 fully saturated rings. The molecule has 0 saturated heterocycles. The minimum absolute atomic E-state index is 0.272. The van der Waals surface area contributed by atoms with Crippen LogP contribution in [0, 0.1) is 20.8 Å². The second kappa shape index (κ2) is 8.97. The molecule has 2 aliphatic rings. The first kappa shape index (κ1) is 22.8. The number of hydrogen-bond donors (Lipinski definition) is 1. The highest BCUT2D eigenvalue weighted by Crippen LogP contribution is 2.48. The SMILES string of the molecule is CCN1COc2c(cc(C)cc2-c2cc(C)cc(-c3cc(C)cc4c3OCN(CC)C4)c2O)C1. The van der Waals surface area contributed by atoms with Gasteiger partial charge in [0.1, 0.15) is 30.7 Å². The second-order valence-electron chi connectivity index (χ2n) is 9.65. The summed E-state index contributed by atoms with van der Waals surface area (Å²) in [5.41, 5.74) is 9.26. The average Bonchev–Trinajstić information content (AvgIpc) is 2.83. The number of rotatable bonds is 4. The summed E-state index contributed by atoms with van der Waals surface area (Å²) in [6, 6.07) is 12.8. The minimum atomic E-state index is 0.272. The van der Waals surface area contributed by atoms with Gasteiger partial charge in [-0.2, -0.15) is 0 Å². The van der Waals surface area contributed by atoms with Crippen molar-refractivity contribution in [1.29, 1.82) is 0 Å². The van der Waals surface area contributed by atoms with Crippen LogP contribution >= 0.6 is 0 Å². The molecule has 1 N–H and O–H groups in total. The molecule has 0 radical (unpaired) electrons. The Kier molecular flexibility index (Phi) is 6.00. The van der Waals surface area contributed by atoms with E-state index in [0.717, 1.165) is 76.6 Å². The van der Waals surface area contributed by atoms with E-state index in [9.17, 15) is 5.11 Å². The van der Waals surface area contributed by atoms with Gasteiger partial charge in [-0.3, -0.25) is 9.80 Å². The number of benzene rings is 3. The van der Waals surface area contributed by atoms with E-state index in [1.165, 1.54) is 11.1 Å².